The zero-order chi connectivity index (χ0) is 21.6. The molecule has 2 N–H and O–H groups in total. The molecule has 0 aromatic heterocycles. The highest BCUT2D eigenvalue weighted by Gasteiger charge is 2.20. The highest BCUT2D eigenvalue weighted by Crippen LogP contribution is 2.26. The fraction of sp³-hybridized carbons (Fsp3) is 0.136. The van der Waals surface area contributed by atoms with E-state index in [1.807, 2.05) is 54.6 Å². The van der Waals surface area contributed by atoms with E-state index >= 15 is 0 Å². The third kappa shape index (κ3) is 4.97. The molecule has 8 heteroatoms. The van der Waals surface area contributed by atoms with Crippen LogP contribution >= 0.6 is 0 Å². The molecule has 7 nitrogen and oxygen atoms in total. The van der Waals surface area contributed by atoms with Crippen molar-refractivity contribution in [1.29, 1.82) is 0 Å². The van der Waals surface area contributed by atoms with Crippen LogP contribution in [0.1, 0.15) is 15.9 Å². The van der Waals surface area contributed by atoms with Crippen molar-refractivity contribution >= 4 is 15.9 Å². The molecule has 3 aromatic rings. The fourth-order valence-electron chi connectivity index (χ4n) is 2.78. The van der Waals surface area contributed by atoms with Crippen LogP contribution in [0, 0.1) is 0 Å². The van der Waals surface area contributed by atoms with Gasteiger partial charge in [-0.25, -0.2) is 13.1 Å². The molecule has 0 unspecified atom stereocenters. The Labute approximate surface area is 175 Å². The maximum Gasteiger partial charge on any atom is 0.251 e. The summed E-state index contributed by atoms with van der Waals surface area (Å²) in [5, 5.41) is 2.80. The van der Waals surface area contributed by atoms with Gasteiger partial charge >= 0.3 is 0 Å². The minimum atomic E-state index is -3.78. The van der Waals surface area contributed by atoms with Crippen molar-refractivity contribution in [3.05, 3.63) is 83.9 Å². The lowest BCUT2D eigenvalue weighted by atomic mass is 10.1. The molecule has 0 aliphatic carbocycles. The van der Waals surface area contributed by atoms with E-state index in [9.17, 15) is 13.2 Å². The molecule has 0 spiro atoms. The van der Waals surface area contributed by atoms with Crippen LogP contribution in [-0.4, -0.2) is 28.5 Å². The highest BCUT2D eigenvalue weighted by molar-refractivity contribution is 7.89. The number of ether oxygens (including phenoxy) is 2. The van der Waals surface area contributed by atoms with Crippen LogP contribution < -0.4 is 19.5 Å². The predicted molar refractivity (Wildman–Crippen MR) is 113 cm³/mol. The van der Waals surface area contributed by atoms with Crippen LogP contribution in [0.4, 0.5) is 0 Å². The molecule has 156 valence electrons. The quantitative estimate of drug-likeness (QED) is 0.576. The second kappa shape index (κ2) is 9.43. The van der Waals surface area contributed by atoms with E-state index in [0.717, 1.165) is 5.56 Å². The van der Waals surface area contributed by atoms with E-state index in [-0.39, 0.29) is 22.8 Å². The maximum atomic E-state index is 12.6. The number of para-hydroxylation sites is 2. The Kier molecular flexibility index (Phi) is 6.71. The number of carbonyl (C=O) groups excluding carboxylic acids is 1. The number of rotatable bonds is 8. The van der Waals surface area contributed by atoms with Gasteiger partial charge in [-0.3, -0.25) is 4.79 Å². The summed E-state index contributed by atoms with van der Waals surface area (Å²) in [5.41, 5.74) is 0.984. The Morgan fingerprint density at radius 3 is 2.33 bits per heavy atom. The van der Waals surface area contributed by atoms with Crippen LogP contribution in [0.3, 0.4) is 0 Å². The molecule has 0 bridgehead atoms. The van der Waals surface area contributed by atoms with E-state index < -0.39 is 15.9 Å². The molecule has 3 aromatic carbocycles. The second-order valence-corrected chi connectivity index (χ2v) is 8.13. The summed E-state index contributed by atoms with van der Waals surface area (Å²) >= 11 is 0. The topological polar surface area (TPSA) is 93.7 Å². The van der Waals surface area contributed by atoms with Crippen LogP contribution in [0.2, 0.25) is 0 Å². The Hall–Kier alpha value is -3.36. The zero-order valence-corrected chi connectivity index (χ0v) is 17.4. The summed E-state index contributed by atoms with van der Waals surface area (Å²) in [6.07, 6.45) is 0. The fourth-order valence-corrected chi connectivity index (χ4v) is 3.70. The van der Waals surface area contributed by atoms with E-state index in [2.05, 4.69) is 10.0 Å². The average molecular weight is 426 g/mol. The summed E-state index contributed by atoms with van der Waals surface area (Å²) in [5.74, 6) is 1.05. The first-order valence-electron chi connectivity index (χ1n) is 9.15. The van der Waals surface area contributed by atoms with Crippen LogP contribution in [-0.2, 0) is 16.6 Å². The lowest BCUT2D eigenvalue weighted by Crippen LogP contribution is -2.24. The minimum Gasteiger partial charge on any atom is -0.495 e. The molecule has 0 radical (unpaired) electrons. The number of hydrogen-bond donors (Lipinski definition) is 2. The normalized spacial score (nSPS) is 11.0. The molecule has 0 atom stereocenters. The van der Waals surface area contributed by atoms with Crippen molar-refractivity contribution in [3.8, 4) is 17.2 Å². The van der Waals surface area contributed by atoms with Gasteiger partial charge in [0.2, 0.25) is 10.0 Å². The molecule has 0 aliphatic rings. The van der Waals surface area contributed by atoms with Crippen LogP contribution in [0.15, 0.2) is 77.7 Å². The number of benzene rings is 3. The highest BCUT2D eigenvalue weighted by atomic mass is 32.2. The number of methoxy groups -OCH3 is 1. The van der Waals surface area contributed by atoms with Gasteiger partial charge in [-0.05, 0) is 43.4 Å². The maximum absolute atomic E-state index is 12.6. The van der Waals surface area contributed by atoms with Crippen molar-refractivity contribution in [2.75, 3.05) is 14.2 Å². The SMILES string of the molecule is CNS(=O)(=O)c1cc(C(=O)NCc2ccccc2Oc2ccccc2)ccc1OC. The first-order valence-corrected chi connectivity index (χ1v) is 10.6. The van der Waals surface area contributed by atoms with Crippen molar-refractivity contribution < 1.29 is 22.7 Å². The van der Waals surface area contributed by atoms with Gasteiger partial charge in [-0.15, -0.1) is 0 Å². The van der Waals surface area contributed by atoms with Crippen molar-refractivity contribution in [3.63, 3.8) is 0 Å². The molecule has 0 heterocycles. The Balaban J connectivity index is 1.78. The molecule has 1 amide bonds. The monoisotopic (exact) mass is 426 g/mol. The van der Waals surface area contributed by atoms with Gasteiger partial charge in [0.15, 0.2) is 0 Å². The van der Waals surface area contributed by atoms with E-state index in [0.29, 0.717) is 11.5 Å². The molecule has 3 rings (SSSR count). The second-order valence-electron chi connectivity index (χ2n) is 6.28. The van der Waals surface area contributed by atoms with Gasteiger partial charge < -0.3 is 14.8 Å². The molecule has 0 fully saturated rings. The number of hydrogen-bond acceptors (Lipinski definition) is 5. The summed E-state index contributed by atoms with van der Waals surface area (Å²) in [6.45, 7) is 0.210. The molecular weight excluding hydrogens is 404 g/mol. The van der Waals surface area contributed by atoms with Crippen LogP contribution in [0.25, 0.3) is 0 Å². The number of sulfonamides is 1. The number of carbonyl (C=O) groups is 1. The predicted octanol–water partition coefficient (Wildman–Crippen LogP) is 3.33. The Bertz CT molecular complexity index is 1130. The van der Waals surface area contributed by atoms with Gasteiger partial charge in [-0.1, -0.05) is 36.4 Å². The van der Waals surface area contributed by atoms with Crippen LogP contribution in [0.5, 0.6) is 17.2 Å². The summed E-state index contributed by atoms with van der Waals surface area (Å²) < 4.78 is 37.7. The largest absolute Gasteiger partial charge is 0.495 e. The first kappa shape index (κ1) is 21.4. The van der Waals surface area contributed by atoms with Gasteiger partial charge in [0.25, 0.3) is 5.91 Å². The summed E-state index contributed by atoms with van der Waals surface area (Å²) in [6, 6.07) is 21.0. The molecular formula is C22H22N2O5S. The van der Waals surface area contributed by atoms with Crippen molar-refractivity contribution in [2.24, 2.45) is 0 Å². The van der Waals surface area contributed by atoms with Gasteiger partial charge in [0, 0.05) is 17.7 Å². The number of amides is 1. The lowest BCUT2D eigenvalue weighted by molar-refractivity contribution is 0.0950. The smallest absolute Gasteiger partial charge is 0.251 e. The molecule has 0 saturated carbocycles. The first-order chi connectivity index (χ1) is 14.4. The third-order valence-corrected chi connectivity index (χ3v) is 5.80. The zero-order valence-electron chi connectivity index (χ0n) is 16.6. The molecule has 30 heavy (non-hydrogen) atoms. The van der Waals surface area contributed by atoms with E-state index in [1.165, 1.54) is 32.4 Å². The van der Waals surface area contributed by atoms with E-state index in [1.54, 1.807) is 0 Å². The Morgan fingerprint density at radius 1 is 0.933 bits per heavy atom. The standard InChI is InChI=1S/C22H22N2O5S/c1-23-30(26,27)21-14-16(12-13-20(21)28-2)22(25)24-15-17-8-6-7-11-19(17)29-18-9-4-3-5-10-18/h3-14,23H,15H2,1-2H3,(H,24,25). The van der Waals surface area contributed by atoms with Crippen molar-refractivity contribution in [1.82, 2.24) is 10.0 Å². The minimum absolute atomic E-state index is 0.104. The van der Waals surface area contributed by atoms with Gasteiger partial charge in [-0.2, -0.15) is 0 Å². The summed E-state index contributed by atoms with van der Waals surface area (Å²) in [4.78, 5) is 12.5. The van der Waals surface area contributed by atoms with E-state index in [4.69, 9.17) is 9.47 Å². The molecule has 0 aliphatic heterocycles. The lowest BCUT2D eigenvalue weighted by Gasteiger charge is -2.13. The average Bonchev–Trinajstić information content (AvgIpc) is 2.78. The Morgan fingerprint density at radius 2 is 1.63 bits per heavy atom. The molecule has 0 saturated heterocycles. The van der Waals surface area contributed by atoms with Gasteiger partial charge in [0.1, 0.15) is 22.1 Å². The van der Waals surface area contributed by atoms with Crippen molar-refractivity contribution in [2.45, 2.75) is 11.4 Å². The third-order valence-electron chi connectivity index (χ3n) is 4.37. The van der Waals surface area contributed by atoms with Gasteiger partial charge in [0.05, 0.1) is 7.11 Å². The summed E-state index contributed by atoms with van der Waals surface area (Å²) in [7, 11) is -1.12. The number of nitrogens with one attached hydrogen (secondary N) is 2.